The number of hydrogen-bond donors (Lipinski definition) is 0. The zero-order chi connectivity index (χ0) is 22.4. The van der Waals surface area contributed by atoms with Gasteiger partial charge in [-0.05, 0) is 79.4 Å². The summed E-state index contributed by atoms with van der Waals surface area (Å²) in [5.74, 6) is 0. The predicted molar refractivity (Wildman–Crippen MR) is 147 cm³/mol. The topological polar surface area (TPSA) is 0 Å². The molecular weight excluding hydrogens is 416 g/mol. The number of allylic oxidation sites excluding steroid dienone is 1. The second kappa shape index (κ2) is 8.10. The quantitative estimate of drug-likeness (QED) is 0.246. The van der Waals surface area contributed by atoms with Crippen molar-refractivity contribution < 1.29 is 0 Å². The molecule has 0 amide bonds. The fraction of sp³-hybridized carbons (Fsp3) is 0.0938. The van der Waals surface area contributed by atoms with Crippen LogP contribution in [0, 0.1) is 0 Å². The SMILES string of the molecule is CC/C=C\c1cc2ccccc2c(-c2ccc3c(c2)Cc2ccc4ccccc4c2-3)c1C=S. The van der Waals surface area contributed by atoms with Gasteiger partial charge in [0.25, 0.3) is 0 Å². The number of rotatable bonds is 4. The number of fused-ring (bicyclic) bond motifs is 6. The van der Waals surface area contributed by atoms with Crippen LogP contribution in [0.4, 0.5) is 0 Å². The molecule has 158 valence electrons. The lowest BCUT2D eigenvalue weighted by Gasteiger charge is -2.15. The summed E-state index contributed by atoms with van der Waals surface area (Å²) in [5, 5.41) is 7.00. The minimum absolute atomic E-state index is 0.976. The summed E-state index contributed by atoms with van der Waals surface area (Å²) >= 11 is 5.56. The van der Waals surface area contributed by atoms with Crippen molar-refractivity contribution in [2.45, 2.75) is 19.8 Å². The second-order valence-corrected chi connectivity index (χ2v) is 9.01. The number of benzene rings is 5. The van der Waals surface area contributed by atoms with Crippen molar-refractivity contribution in [3.8, 4) is 22.3 Å². The van der Waals surface area contributed by atoms with Gasteiger partial charge < -0.3 is 0 Å². The molecule has 0 fully saturated rings. The summed E-state index contributed by atoms with van der Waals surface area (Å²) in [4.78, 5) is 0. The lowest BCUT2D eigenvalue weighted by molar-refractivity contribution is 1.23. The molecule has 0 spiro atoms. The van der Waals surface area contributed by atoms with Gasteiger partial charge in [0.1, 0.15) is 0 Å². The van der Waals surface area contributed by atoms with Crippen molar-refractivity contribution in [3.63, 3.8) is 0 Å². The highest BCUT2D eigenvalue weighted by Gasteiger charge is 2.22. The molecule has 33 heavy (non-hydrogen) atoms. The molecule has 0 N–H and O–H groups in total. The summed E-state index contributed by atoms with van der Waals surface area (Å²) in [6, 6.07) is 31.2. The van der Waals surface area contributed by atoms with Crippen LogP contribution in [-0.2, 0) is 6.42 Å². The van der Waals surface area contributed by atoms with E-state index < -0.39 is 0 Å². The van der Waals surface area contributed by atoms with Crippen LogP contribution < -0.4 is 0 Å². The maximum atomic E-state index is 5.56. The zero-order valence-electron chi connectivity index (χ0n) is 18.6. The van der Waals surface area contributed by atoms with E-state index in [2.05, 4.69) is 104 Å². The van der Waals surface area contributed by atoms with Gasteiger partial charge in [0, 0.05) is 10.9 Å². The second-order valence-electron chi connectivity index (χ2n) is 8.77. The summed E-state index contributed by atoms with van der Waals surface area (Å²) in [6.07, 6.45) is 6.40. The Morgan fingerprint density at radius 1 is 0.758 bits per heavy atom. The fourth-order valence-corrected chi connectivity index (χ4v) is 5.59. The third-order valence-corrected chi connectivity index (χ3v) is 7.07. The Kier molecular flexibility index (Phi) is 4.93. The van der Waals surface area contributed by atoms with Crippen molar-refractivity contribution >= 4 is 45.2 Å². The first-order valence-electron chi connectivity index (χ1n) is 11.6. The van der Waals surface area contributed by atoms with Crippen molar-refractivity contribution in [1.29, 1.82) is 0 Å². The Morgan fingerprint density at radius 3 is 2.30 bits per heavy atom. The van der Waals surface area contributed by atoms with E-state index in [4.69, 9.17) is 12.2 Å². The molecular formula is C32H24S. The van der Waals surface area contributed by atoms with Crippen LogP contribution in [0.1, 0.15) is 35.6 Å². The maximum Gasteiger partial charge on any atom is 0.00986 e. The maximum absolute atomic E-state index is 5.56. The van der Waals surface area contributed by atoms with E-state index in [0.29, 0.717) is 0 Å². The normalized spacial score (nSPS) is 12.4. The highest BCUT2D eigenvalue weighted by Crippen LogP contribution is 2.44. The monoisotopic (exact) mass is 440 g/mol. The summed E-state index contributed by atoms with van der Waals surface area (Å²) in [7, 11) is 0. The van der Waals surface area contributed by atoms with Gasteiger partial charge in [0.2, 0.25) is 0 Å². The van der Waals surface area contributed by atoms with Gasteiger partial charge in [0.15, 0.2) is 0 Å². The third-order valence-electron chi connectivity index (χ3n) is 6.83. The molecule has 0 saturated heterocycles. The fourth-order valence-electron chi connectivity index (χ4n) is 5.33. The van der Waals surface area contributed by atoms with E-state index in [-0.39, 0.29) is 0 Å². The first-order chi connectivity index (χ1) is 16.3. The van der Waals surface area contributed by atoms with Crippen molar-refractivity contribution in [2.24, 2.45) is 0 Å². The molecule has 0 unspecified atom stereocenters. The molecule has 1 aliphatic carbocycles. The molecule has 0 nitrogen and oxygen atoms in total. The Labute approximate surface area is 200 Å². The van der Waals surface area contributed by atoms with Gasteiger partial charge in [-0.1, -0.05) is 110 Å². The highest BCUT2D eigenvalue weighted by molar-refractivity contribution is 7.79. The molecule has 5 aromatic rings. The molecule has 0 bridgehead atoms. The third kappa shape index (κ3) is 3.23. The molecule has 0 radical (unpaired) electrons. The Hall–Kier alpha value is -3.55. The van der Waals surface area contributed by atoms with Gasteiger partial charge >= 0.3 is 0 Å². The minimum Gasteiger partial charge on any atom is -0.0880 e. The highest BCUT2D eigenvalue weighted by atomic mass is 32.1. The van der Waals surface area contributed by atoms with E-state index >= 15 is 0 Å². The van der Waals surface area contributed by atoms with Gasteiger partial charge in [-0.2, -0.15) is 0 Å². The van der Waals surface area contributed by atoms with E-state index in [9.17, 15) is 0 Å². The van der Waals surface area contributed by atoms with Gasteiger partial charge in [-0.15, -0.1) is 0 Å². The first kappa shape index (κ1) is 20.1. The average Bonchev–Trinajstić information content (AvgIpc) is 3.24. The lowest BCUT2D eigenvalue weighted by Crippen LogP contribution is -1.95. The molecule has 0 aromatic heterocycles. The van der Waals surface area contributed by atoms with E-state index in [1.54, 1.807) is 0 Å². The van der Waals surface area contributed by atoms with Gasteiger partial charge in [-0.25, -0.2) is 0 Å². The summed E-state index contributed by atoms with van der Waals surface area (Å²) in [5.41, 5.74) is 10.4. The predicted octanol–water partition coefficient (Wildman–Crippen LogP) is 9.00. The van der Waals surface area contributed by atoms with Crippen LogP contribution in [0.3, 0.4) is 0 Å². The van der Waals surface area contributed by atoms with Crippen molar-refractivity contribution in [2.75, 3.05) is 0 Å². The smallest absolute Gasteiger partial charge is 0.00986 e. The van der Waals surface area contributed by atoms with Gasteiger partial charge in [0.05, 0.1) is 0 Å². The molecule has 1 heteroatoms. The summed E-state index contributed by atoms with van der Waals surface area (Å²) in [6.45, 7) is 2.16. The van der Waals surface area contributed by atoms with Crippen LogP contribution in [-0.4, -0.2) is 5.37 Å². The summed E-state index contributed by atoms with van der Waals surface area (Å²) < 4.78 is 0. The molecule has 0 saturated carbocycles. The molecule has 1 aliphatic rings. The average molecular weight is 441 g/mol. The molecule has 0 heterocycles. The van der Waals surface area contributed by atoms with E-state index in [0.717, 1.165) is 18.4 Å². The molecule has 0 atom stereocenters. The first-order valence-corrected chi connectivity index (χ1v) is 12.1. The van der Waals surface area contributed by atoms with Crippen molar-refractivity contribution in [1.82, 2.24) is 0 Å². The van der Waals surface area contributed by atoms with Crippen LogP contribution >= 0.6 is 12.2 Å². The molecule has 6 rings (SSSR count). The lowest BCUT2D eigenvalue weighted by atomic mass is 9.88. The number of thiocarbonyl (C=S) groups is 1. The number of hydrogen-bond acceptors (Lipinski definition) is 1. The molecule has 0 aliphatic heterocycles. The molecule has 5 aromatic carbocycles. The van der Waals surface area contributed by atoms with Crippen LogP contribution in [0.2, 0.25) is 0 Å². The van der Waals surface area contributed by atoms with Crippen LogP contribution in [0.15, 0.2) is 91.0 Å². The zero-order valence-corrected chi connectivity index (χ0v) is 19.5. The largest absolute Gasteiger partial charge is 0.0880 e. The van der Waals surface area contributed by atoms with E-state index in [1.165, 1.54) is 60.5 Å². The minimum atomic E-state index is 0.976. The van der Waals surface area contributed by atoms with Crippen LogP contribution in [0.5, 0.6) is 0 Å². The van der Waals surface area contributed by atoms with Crippen LogP contribution in [0.25, 0.3) is 49.9 Å². The van der Waals surface area contributed by atoms with Crippen molar-refractivity contribution in [3.05, 3.63) is 113 Å². The van der Waals surface area contributed by atoms with E-state index in [1.807, 2.05) is 5.37 Å². The van der Waals surface area contributed by atoms with Gasteiger partial charge in [-0.3, -0.25) is 0 Å². The standard InChI is InChI=1S/C32H24S/c1-2-3-8-23-17-22-10-5-7-12-28(22)32(30(23)20-33)25-15-16-29-26(19-25)18-24-14-13-21-9-4-6-11-27(21)31(24)29/h3-17,19-20H,2,18H2,1H3/b8-3-. The Morgan fingerprint density at radius 2 is 1.52 bits per heavy atom. The Balaban J connectivity index is 1.59. The Bertz CT molecular complexity index is 1590.